The Kier molecular flexibility index (Phi) is 5.66. The summed E-state index contributed by atoms with van der Waals surface area (Å²) in [6, 6.07) is 15.1. The second-order valence-electron chi connectivity index (χ2n) is 7.16. The minimum absolute atomic E-state index is 0.185. The third-order valence-electron chi connectivity index (χ3n) is 5.05. The smallest absolute Gasteiger partial charge is 0.256 e. The zero-order valence-corrected chi connectivity index (χ0v) is 16.7. The molecule has 0 saturated carbocycles. The molecule has 0 aliphatic rings. The Labute approximate surface area is 174 Å². The Morgan fingerprint density at radius 1 is 0.967 bits per heavy atom. The first kappa shape index (κ1) is 19.5. The van der Waals surface area contributed by atoms with Gasteiger partial charge in [-0.3, -0.25) is 19.6 Å². The first-order valence-corrected chi connectivity index (χ1v) is 9.87. The number of aromatic amines is 1. The Morgan fingerprint density at radius 3 is 2.47 bits per heavy atom. The van der Waals surface area contributed by atoms with Crippen LogP contribution in [0.4, 0.5) is 0 Å². The number of nitrogens with one attached hydrogen (secondary N) is 1. The van der Waals surface area contributed by atoms with Crippen molar-refractivity contribution in [2.45, 2.75) is 26.4 Å². The van der Waals surface area contributed by atoms with Gasteiger partial charge in [0.05, 0.1) is 12.1 Å². The van der Waals surface area contributed by atoms with Crippen LogP contribution in [0.25, 0.3) is 10.9 Å². The number of benzene rings is 1. The van der Waals surface area contributed by atoms with Crippen molar-refractivity contribution in [2.75, 3.05) is 0 Å². The van der Waals surface area contributed by atoms with Gasteiger partial charge < -0.3 is 9.88 Å². The standard InChI is InChI=1S/C24H22N4O2/c1-2-17-7-8-22-20(11-17)12-21(23(29)27-22)16-28(15-18-5-3-9-25-13-18)24(30)19-6-4-10-26-14-19/h3-14H,2,15-16H2,1H3,(H,27,29). The number of hydrogen-bond donors (Lipinski definition) is 1. The van der Waals surface area contributed by atoms with Crippen LogP contribution < -0.4 is 5.56 Å². The molecule has 0 atom stereocenters. The molecular formula is C24H22N4O2. The van der Waals surface area contributed by atoms with E-state index in [0.717, 1.165) is 22.9 Å². The van der Waals surface area contributed by atoms with E-state index in [9.17, 15) is 9.59 Å². The summed E-state index contributed by atoms with van der Waals surface area (Å²) in [6.45, 7) is 2.62. The van der Waals surface area contributed by atoms with Crippen LogP contribution in [0.5, 0.6) is 0 Å². The molecule has 0 aliphatic heterocycles. The third-order valence-corrected chi connectivity index (χ3v) is 5.05. The van der Waals surface area contributed by atoms with Gasteiger partial charge >= 0.3 is 0 Å². The molecule has 1 aromatic carbocycles. The van der Waals surface area contributed by atoms with Crippen LogP contribution in [0.15, 0.2) is 78.1 Å². The average molecular weight is 398 g/mol. The van der Waals surface area contributed by atoms with Crippen molar-refractivity contribution >= 4 is 16.8 Å². The van der Waals surface area contributed by atoms with Crippen LogP contribution in [0.1, 0.15) is 34.0 Å². The maximum Gasteiger partial charge on any atom is 0.256 e. The van der Waals surface area contributed by atoms with Gasteiger partial charge in [0.1, 0.15) is 0 Å². The Balaban J connectivity index is 1.71. The molecule has 4 rings (SSSR count). The highest BCUT2D eigenvalue weighted by Gasteiger charge is 2.19. The summed E-state index contributed by atoms with van der Waals surface area (Å²) in [6.07, 6.45) is 7.49. The molecule has 3 aromatic heterocycles. The molecule has 0 fully saturated rings. The summed E-state index contributed by atoms with van der Waals surface area (Å²) in [7, 11) is 0. The zero-order valence-electron chi connectivity index (χ0n) is 16.7. The topological polar surface area (TPSA) is 79.0 Å². The van der Waals surface area contributed by atoms with E-state index in [4.69, 9.17) is 0 Å². The Bertz CT molecular complexity index is 1220. The molecular weight excluding hydrogens is 376 g/mol. The second-order valence-corrected chi connectivity index (χ2v) is 7.16. The lowest BCUT2D eigenvalue weighted by Crippen LogP contribution is -2.32. The van der Waals surface area contributed by atoms with Crippen LogP contribution in [-0.4, -0.2) is 25.8 Å². The molecule has 6 nitrogen and oxygen atoms in total. The predicted molar refractivity (Wildman–Crippen MR) is 116 cm³/mol. The number of aryl methyl sites for hydroxylation is 1. The van der Waals surface area contributed by atoms with Crippen LogP contribution in [-0.2, 0) is 19.5 Å². The number of amides is 1. The second kappa shape index (κ2) is 8.69. The summed E-state index contributed by atoms with van der Waals surface area (Å²) in [5.74, 6) is -0.186. The van der Waals surface area contributed by atoms with Crippen LogP contribution in [0, 0.1) is 0 Å². The minimum atomic E-state index is -0.193. The van der Waals surface area contributed by atoms with Crippen LogP contribution in [0.3, 0.4) is 0 Å². The van der Waals surface area contributed by atoms with E-state index in [1.165, 1.54) is 11.8 Å². The van der Waals surface area contributed by atoms with Gasteiger partial charge in [-0.15, -0.1) is 0 Å². The molecule has 0 spiro atoms. The summed E-state index contributed by atoms with van der Waals surface area (Å²) in [5, 5.41) is 0.958. The maximum atomic E-state index is 13.2. The lowest BCUT2D eigenvalue weighted by Gasteiger charge is -2.23. The van der Waals surface area contributed by atoms with Crippen LogP contribution >= 0.6 is 0 Å². The quantitative estimate of drug-likeness (QED) is 0.537. The fraction of sp³-hybridized carbons (Fsp3) is 0.167. The van der Waals surface area contributed by atoms with Crippen molar-refractivity contribution in [3.8, 4) is 0 Å². The fourth-order valence-corrected chi connectivity index (χ4v) is 3.43. The predicted octanol–water partition coefficient (Wildman–Crippen LogP) is 3.72. The molecule has 150 valence electrons. The molecule has 0 radical (unpaired) electrons. The van der Waals surface area contributed by atoms with E-state index in [0.29, 0.717) is 17.7 Å². The lowest BCUT2D eigenvalue weighted by molar-refractivity contribution is 0.0729. The molecule has 1 amide bonds. The molecule has 6 heteroatoms. The van der Waals surface area contributed by atoms with Crippen molar-refractivity contribution in [1.82, 2.24) is 19.9 Å². The van der Waals surface area contributed by atoms with Crippen molar-refractivity contribution in [2.24, 2.45) is 0 Å². The average Bonchev–Trinajstić information content (AvgIpc) is 2.79. The first-order valence-electron chi connectivity index (χ1n) is 9.87. The Morgan fingerprint density at radius 2 is 1.77 bits per heavy atom. The highest BCUT2D eigenvalue weighted by molar-refractivity contribution is 5.93. The highest BCUT2D eigenvalue weighted by Crippen LogP contribution is 2.17. The monoisotopic (exact) mass is 398 g/mol. The van der Waals surface area contributed by atoms with E-state index >= 15 is 0 Å². The fourth-order valence-electron chi connectivity index (χ4n) is 3.43. The number of carbonyl (C=O) groups is 1. The number of carbonyl (C=O) groups excluding carboxylic acids is 1. The molecule has 4 aromatic rings. The van der Waals surface area contributed by atoms with Gasteiger partial charge in [-0.25, -0.2) is 0 Å². The van der Waals surface area contributed by atoms with Gasteiger partial charge in [-0.2, -0.15) is 0 Å². The molecule has 0 saturated heterocycles. The van der Waals surface area contributed by atoms with E-state index in [-0.39, 0.29) is 18.0 Å². The number of aromatic nitrogens is 3. The SMILES string of the molecule is CCc1ccc2[nH]c(=O)c(CN(Cc3cccnc3)C(=O)c3cccnc3)cc2c1. The molecule has 0 unspecified atom stereocenters. The lowest BCUT2D eigenvalue weighted by atomic mass is 10.1. The number of hydrogen-bond acceptors (Lipinski definition) is 4. The van der Waals surface area contributed by atoms with Crippen molar-refractivity contribution in [3.63, 3.8) is 0 Å². The molecule has 1 N–H and O–H groups in total. The van der Waals surface area contributed by atoms with Gasteiger partial charge in [-0.05, 0) is 59.3 Å². The van der Waals surface area contributed by atoms with E-state index < -0.39 is 0 Å². The van der Waals surface area contributed by atoms with Gasteiger partial charge in [0, 0.05) is 42.4 Å². The Hall–Kier alpha value is -3.80. The number of nitrogens with zero attached hydrogens (tertiary/aromatic N) is 3. The number of fused-ring (bicyclic) bond motifs is 1. The number of H-pyrrole nitrogens is 1. The summed E-state index contributed by atoms with van der Waals surface area (Å²) in [4.78, 5) is 38.7. The molecule has 0 bridgehead atoms. The summed E-state index contributed by atoms with van der Waals surface area (Å²) < 4.78 is 0. The van der Waals surface area contributed by atoms with Gasteiger partial charge in [-0.1, -0.05) is 19.1 Å². The zero-order chi connectivity index (χ0) is 20.9. The van der Waals surface area contributed by atoms with Gasteiger partial charge in [0.2, 0.25) is 0 Å². The molecule has 3 heterocycles. The molecule has 30 heavy (non-hydrogen) atoms. The first-order chi connectivity index (χ1) is 14.6. The summed E-state index contributed by atoms with van der Waals surface area (Å²) in [5.41, 5.74) is 3.70. The van der Waals surface area contributed by atoms with Gasteiger partial charge in [0.25, 0.3) is 11.5 Å². The number of rotatable bonds is 6. The van der Waals surface area contributed by atoms with E-state index in [2.05, 4.69) is 27.9 Å². The number of pyridine rings is 3. The highest BCUT2D eigenvalue weighted by atomic mass is 16.2. The van der Waals surface area contributed by atoms with Crippen molar-refractivity contribution in [3.05, 3.63) is 106 Å². The van der Waals surface area contributed by atoms with Crippen LogP contribution in [0.2, 0.25) is 0 Å². The minimum Gasteiger partial charge on any atom is -0.330 e. The van der Waals surface area contributed by atoms with E-state index in [1.54, 1.807) is 35.6 Å². The van der Waals surface area contributed by atoms with Crippen molar-refractivity contribution in [1.29, 1.82) is 0 Å². The van der Waals surface area contributed by atoms with Gasteiger partial charge in [0.15, 0.2) is 0 Å². The van der Waals surface area contributed by atoms with Crippen molar-refractivity contribution < 1.29 is 4.79 Å². The van der Waals surface area contributed by atoms with E-state index in [1.807, 2.05) is 30.3 Å². The summed E-state index contributed by atoms with van der Waals surface area (Å²) >= 11 is 0. The third kappa shape index (κ3) is 4.27. The largest absolute Gasteiger partial charge is 0.330 e. The maximum absolute atomic E-state index is 13.2. The molecule has 0 aliphatic carbocycles. The normalized spacial score (nSPS) is 10.8.